The summed E-state index contributed by atoms with van der Waals surface area (Å²) in [5.41, 5.74) is 1.50. The Hall–Kier alpha value is -2.57. The second-order valence-electron chi connectivity index (χ2n) is 4.19. The van der Waals surface area contributed by atoms with Crippen molar-refractivity contribution >= 4 is 6.03 Å². The van der Waals surface area contributed by atoms with Crippen molar-refractivity contribution in [2.75, 3.05) is 0 Å². The van der Waals surface area contributed by atoms with Crippen LogP contribution in [0.1, 0.15) is 11.1 Å². The summed E-state index contributed by atoms with van der Waals surface area (Å²) < 4.78 is 33.3. The van der Waals surface area contributed by atoms with E-state index in [9.17, 15) is 13.6 Å². The predicted molar refractivity (Wildman–Crippen MR) is 70.9 cm³/mol. The lowest BCUT2D eigenvalue weighted by molar-refractivity contribution is -0.0498. The zero-order valence-corrected chi connectivity index (χ0v) is 11.0. The maximum absolute atomic E-state index is 12.1. The van der Waals surface area contributed by atoms with Gasteiger partial charge in [0.25, 0.3) is 0 Å². The number of amides is 2. The highest BCUT2D eigenvalue weighted by Crippen LogP contribution is 2.15. The minimum absolute atomic E-state index is 0.0584. The van der Waals surface area contributed by atoms with E-state index in [1.54, 1.807) is 18.2 Å². The van der Waals surface area contributed by atoms with Gasteiger partial charge >= 0.3 is 12.6 Å². The van der Waals surface area contributed by atoms with Crippen molar-refractivity contribution in [2.45, 2.75) is 19.7 Å². The van der Waals surface area contributed by atoms with Crippen LogP contribution in [0.15, 0.2) is 47.3 Å². The molecule has 0 aliphatic heterocycles. The molecule has 0 aliphatic carbocycles. The minimum Gasteiger partial charge on any atom is -0.472 e. The molecule has 7 heteroatoms. The van der Waals surface area contributed by atoms with Crippen molar-refractivity contribution < 1.29 is 22.7 Å². The van der Waals surface area contributed by atoms with Crippen LogP contribution in [0.4, 0.5) is 13.6 Å². The van der Waals surface area contributed by atoms with Crippen molar-refractivity contribution in [2.24, 2.45) is 0 Å². The Morgan fingerprint density at radius 1 is 1.19 bits per heavy atom. The van der Waals surface area contributed by atoms with Crippen LogP contribution < -0.4 is 15.4 Å². The van der Waals surface area contributed by atoms with Gasteiger partial charge in [0.05, 0.1) is 12.5 Å². The summed E-state index contributed by atoms with van der Waals surface area (Å²) in [6.07, 6.45) is 3.05. The molecule has 5 nitrogen and oxygen atoms in total. The molecule has 2 amide bonds. The minimum atomic E-state index is -2.87. The maximum Gasteiger partial charge on any atom is 0.387 e. The van der Waals surface area contributed by atoms with E-state index in [1.165, 1.54) is 24.7 Å². The molecule has 0 spiro atoms. The molecule has 0 unspecified atom stereocenters. The number of ether oxygens (including phenoxy) is 1. The Bertz CT molecular complexity index is 573. The molecule has 2 aromatic rings. The molecule has 0 saturated carbocycles. The number of alkyl halides is 2. The van der Waals surface area contributed by atoms with E-state index in [1.807, 2.05) is 0 Å². The Morgan fingerprint density at radius 2 is 1.95 bits per heavy atom. The van der Waals surface area contributed by atoms with Crippen LogP contribution in [-0.4, -0.2) is 12.6 Å². The molecule has 21 heavy (non-hydrogen) atoms. The predicted octanol–water partition coefficient (Wildman–Crippen LogP) is 2.88. The van der Waals surface area contributed by atoms with E-state index in [-0.39, 0.29) is 18.3 Å². The standard InChI is InChI=1S/C14H14F2N2O3/c15-13(16)21-12-3-1-2-10(6-12)7-17-14(19)18-8-11-4-5-20-9-11/h1-6,9,13H,7-8H2,(H2,17,18,19). The van der Waals surface area contributed by atoms with Gasteiger partial charge in [0, 0.05) is 18.7 Å². The van der Waals surface area contributed by atoms with Gasteiger partial charge in [-0.25, -0.2) is 4.79 Å². The van der Waals surface area contributed by atoms with E-state index in [0.29, 0.717) is 12.1 Å². The quantitative estimate of drug-likeness (QED) is 0.861. The van der Waals surface area contributed by atoms with E-state index < -0.39 is 6.61 Å². The molecular formula is C14H14F2N2O3. The first-order chi connectivity index (χ1) is 10.1. The van der Waals surface area contributed by atoms with Gasteiger partial charge in [-0.05, 0) is 23.8 Å². The van der Waals surface area contributed by atoms with Crippen molar-refractivity contribution in [1.82, 2.24) is 10.6 Å². The highest BCUT2D eigenvalue weighted by molar-refractivity contribution is 5.73. The van der Waals surface area contributed by atoms with Crippen LogP contribution in [0.2, 0.25) is 0 Å². The molecule has 2 N–H and O–H groups in total. The third-order valence-electron chi connectivity index (χ3n) is 2.61. The number of hydrogen-bond acceptors (Lipinski definition) is 3. The van der Waals surface area contributed by atoms with Gasteiger partial charge in [0.2, 0.25) is 0 Å². The van der Waals surface area contributed by atoms with Crippen LogP contribution in [0.3, 0.4) is 0 Å². The van der Waals surface area contributed by atoms with Crippen LogP contribution in [0.25, 0.3) is 0 Å². The molecule has 0 saturated heterocycles. The van der Waals surface area contributed by atoms with Crippen molar-refractivity contribution in [3.05, 3.63) is 54.0 Å². The maximum atomic E-state index is 12.1. The SMILES string of the molecule is O=C(NCc1ccoc1)NCc1cccc(OC(F)F)c1. The number of halogens is 2. The number of carbonyl (C=O) groups is 1. The summed E-state index contributed by atoms with van der Waals surface area (Å²) >= 11 is 0. The lowest BCUT2D eigenvalue weighted by atomic mass is 10.2. The summed E-state index contributed by atoms with van der Waals surface area (Å²) in [4.78, 5) is 11.6. The molecule has 1 heterocycles. The number of hydrogen-bond donors (Lipinski definition) is 2. The average molecular weight is 296 g/mol. The Kier molecular flexibility index (Phi) is 5.14. The number of carbonyl (C=O) groups excluding carboxylic acids is 1. The molecule has 112 valence electrons. The highest BCUT2D eigenvalue weighted by atomic mass is 19.3. The largest absolute Gasteiger partial charge is 0.472 e. The lowest BCUT2D eigenvalue weighted by Crippen LogP contribution is -2.34. The zero-order valence-electron chi connectivity index (χ0n) is 11.0. The van der Waals surface area contributed by atoms with Gasteiger partial charge in [0.15, 0.2) is 0 Å². The summed E-state index contributed by atoms with van der Waals surface area (Å²) in [5, 5.41) is 5.26. The summed E-state index contributed by atoms with van der Waals surface area (Å²) in [6, 6.07) is 7.53. The van der Waals surface area contributed by atoms with E-state index in [0.717, 1.165) is 5.56 Å². The fraction of sp³-hybridized carbons (Fsp3) is 0.214. The van der Waals surface area contributed by atoms with Gasteiger partial charge in [-0.3, -0.25) is 0 Å². The van der Waals surface area contributed by atoms with Gasteiger partial charge in [-0.2, -0.15) is 8.78 Å². The number of rotatable bonds is 6. The molecule has 0 aliphatic rings. The number of nitrogens with one attached hydrogen (secondary N) is 2. The molecule has 2 rings (SSSR count). The molecule has 0 radical (unpaired) electrons. The first kappa shape index (κ1) is 14.8. The Morgan fingerprint density at radius 3 is 2.62 bits per heavy atom. The third kappa shape index (κ3) is 5.13. The fourth-order valence-corrected chi connectivity index (χ4v) is 1.65. The molecule has 1 aromatic carbocycles. The van der Waals surface area contributed by atoms with Gasteiger partial charge in [-0.15, -0.1) is 0 Å². The summed E-state index contributed by atoms with van der Waals surface area (Å²) in [5.74, 6) is 0.0584. The van der Waals surface area contributed by atoms with Gasteiger partial charge in [-0.1, -0.05) is 12.1 Å². The number of benzene rings is 1. The molecular weight excluding hydrogens is 282 g/mol. The third-order valence-corrected chi connectivity index (χ3v) is 2.61. The molecule has 1 aromatic heterocycles. The lowest BCUT2D eigenvalue weighted by Gasteiger charge is -2.09. The van der Waals surface area contributed by atoms with E-state index in [2.05, 4.69) is 15.4 Å². The van der Waals surface area contributed by atoms with Crippen LogP contribution in [0.5, 0.6) is 5.75 Å². The smallest absolute Gasteiger partial charge is 0.387 e. The number of urea groups is 1. The molecule has 0 bridgehead atoms. The van der Waals surface area contributed by atoms with Gasteiger partial charge in [0.1, 0.15) is 5.75 Å². The Balaban J connectivity index is 1.78. The Labute approximate surface area is 119 Å². The second kappa shape index (κ2) is 7.28. The molecule has 0 fully saturated rings. The first-order valence-corrected chi connectivity index (χ1v) is 6.20. The van der Waals surface area contributed by atoms with Crippen LogP contribution >= 0.6 is 0 Å². The summed E-state index contributed by atoms with van der Waals surface area (Å²) in [7, 11) is 0. The second-order valence-corrected chi connectivity index (χ2v) is 4.19. The van der Waals surface area contributed by atoms with Crippen molar-refractivity contribution in [3.8, 4) is 5.75 Å². The molecule has 0 atom stereocenters. The highest BCUT2D eigenvalue weighted by Gasteiger charge is 2.06. The first-order valence-electron chi connectivity index (χ1n) is 6.20. The normalized spacial score (nSPS) is 10.4. The van der Waals surface area contributed by atoms with Crippen molar-refractivity contribution in [1.29, 1.82) is 0 Å². The van der Waals surface area contributed by atoms with Crippen LogP contribution in [-0.2, 0) is 13.1 Å². The van der Waals surface area contributed by atoms with Crippen molar-refractivity contribution in [3.63, 3.8) is 0 Å². The summed E-state index contributed by atoms with van der Waals surface area (Å²) in [6.45, 7) is -2.32. The fourth-order valence-electron chi connectivity index (χ4n) is 1.65. The van der Waals surface area contributed by atoms with E-state index in [4.69, 9.17) is 4.42 Å². The van der Waals surface area contributed by atoms with Gasteiger partial charge < -0.3 is 19.8 Å². The average Bonchev–Trinajstić information content (AvgIpc) is 2.96. The van der Waals surface area contributed by atoms with Crippen LogP contribution in [0, 0.1) is 0 Å². The van der Waals surface area contributed by atoms with E-state index >= 15 is 0 Å². The monoisotopic (exact) mass is 296 g/mol. The zero-order chi connectivity index (χ0) is 15.1. The number of furan rings is 1. The topological polar surface area (TPSA) is 63.5 Å².